The van der Waals surface area contributed by atoms with Crippen LogP contribution in [0.5, 0.6) is 0 Å². The number of hydrogen-bond acceptors (Lipinski definition) is 6. The minimum atomic E-state index is -0.574. The highest BCUT2D eigenvalue weighted by Crippen LogP contribution is 2.21. The van der Waals surface area contributed by atoms with E-state index in [4.69, 9.17) is 5.26 Å². The summed E-state index contributed by atoms with van der Waals surface area (Å²) in [5.74, 6) is 1.28. The number of pyridine rings is 1. The fourth-order valence-electron chi connectivity index (χ4n) is 2.52. The van der Waals surface area contributed by atoms with E-state index in [2.05, 4.69) is 28.6 Å². The van der Waals surface area contributed by atoms with Gasteiger partial charge in [0.2, 0.25) is 5.69 Å². The first-order valence-electron chi connectivity index (χ1n) is 7.04. The van der Waals surface area contributed by atoms with Gasteiger partial charge in [0, 0.05) is 38.8 Å². The van der Waals surface area contributed by atoms with Crippen LogP contribution in [0.4, 0.5) is 11.5 Å². The van der Waals surface area contributed by atoms with Crippen LogP contribution in [-0.2, 0) is 0 Å². The van der Waals surface area contributed by atoms with Gasteiger partial charge in [-0.2, -0.15) is 5.26 Å². The lowest BCUT2D eigenvalue weighted by Crippen LogP contribution is -2.47. The average molecular weight is 289 g/mol. The molecular formula is C14H19N5O2. The zero-order valence-corrected chi connectivity index (χ0v) is 12.3. The van der Waals surface area contributed by atoms with Crippen LogP contribution in [0, 0.1) is 27.4 Å². The predicted molar refractivity (Wildman–Crippen MR) is 79.1 cm³/mol. The second kappa shape index (κ2) is 6.50. The molecule has 0 amide bonds. The molecule has 1 fully saturated rings. The predicted octanol–water partition coefficient (Wildman–Crippen LogP) is 1.64. The van der Waals surface area contributed by atoms with Crippen LogP contribution < -0.4 is 4.90 Å². The van der Waals surface area contributed by atoms with Crippen molar-refractivity contribution < 1.29 is 4.92 Å². The molecule has 0 unspecified atom stereocenters. The molecule has 0 spiro atoms. The normalized spacial score (nSPS) is 16.0. The maximum absolute atomic E-state index is 10.8. The number of nitrogens with zero attached hydrogens (tertiary/aromatic N) is 5. The number of aromatic nitrogens is 1. The minimum Gasteiger partial charge on any atom is -0.354 e. The molecule has 7 heteroatoms. The molecule has 0 N–H and O–H groups in total. The number of piperazine rings is 1. The van der Waals surface area contributed by atoms with Crippen molar-refractivity contribution in [3.8, 4) is 6.07 Å². The van der Waals surface area contributed by atoms with Gasteiger partial charge in [-0.3, -0.25) is 15.0 Å². The third-order valence-electron chi connectivity index (χ3n) is 3.48. The Hall–Kier alpha value is -2.20. The summed E-state index contributed by atoms with van der Waals surface area (Å²) >= 11 is 0. The Balaban J connectivity index is 2.07. The van der Waals surface area contributed by atoms with E-state index < -0.39 is 4.92 Å². The van der Waals surface area contributed by atoms with Gasteiger partial charge in [-0.25, -0.2) is 4.98 Å². The van der Waals surface area contributed by atoms with E-state index in [0.717, 1.165) is 32.7 Å². The monoisotopic (exact) mass is 289 g/mol. The van der Waals surface area contributed by atoms with Gasteiger partial charge < -0.3 is 4.90 Å². The van der Waals surface area contributed by atoms with E-state index in [1.54, 1.807) is 12.1 Å². The molecule has 2 heterocycles. The number of nitro groups is 1. The minimum absolute atomic E-state index is 0.123. The number of anilines is 1. The molecule has 0 aromatic carbocycles. The molecule has 0 saturated carbocycles. The molecule has 0 aliphatic carbocycles. The molecule has 2 rings (SSSR count). The highest BCUT2D eigenvalue weighted by atomic mass is 16.6. The number of hydrogen-bond donors (Lipinski definition) is 0. The third-order valence-corrected chi connectivity index (χ3v) is 3.48. The summed E-state index contributed by atoms with van der Waals surface area (Å²) in [6.07, 6.45) is 0. The topological polar surface area (TPSA) is 86.3 Å². The molecule has 112 valence electrons. The first-order valence-corrected chi connectivity index (χ1v) is 7.04. The Morgan fingerprint density at radius 3 is 2.57 bits per heavy atom. The van der Waals surface area contributed by atoms with Crippen molar-refractivity contribution >= 4 is 11.5 Å². The quantitative estimate of drug-likeness (QED) is 0.618. The smallest absolute Gasteiger partial charge is 0.305 e. The van der Waals surface area contributed by atoms with Gasteiger partial charge in [-0.05, 0) is 12.0 Å². The van der Waals surface area contributed by atoms with Crippen molar-refractivity contribution in [2.75, 3.05) is 37.6 Å². The molecule has 0 atom stereocenters. The van der Waals surface area contributed by atoms with Crippen molar-refractivity contribution in [2.45, 2.75) is 13.8 Å². The van der Waals surface area contributed by atoms with Crippen molar-refractivity contribution in [2.24, 2.45) is 5.92 Å². The zero-order chi connectivity index (χ0) is 15.4. The lowest BCUT2D eigenvalue weighted by Gasteiger charge is -2.36. The maximum atomic E-state index is 10.8. The SMILES string of the molecule is CC(C)CN1CCN(c2ccc([N+](=O)[O-])c(C#N)n2)CC1. The van der Waals surface area contributed by atoms with Gasteiger partial charge in [-0.1, -0.05) is 13.8 Å². The fraction of sp³-hybridized carbons (Fsp3) is 0.571. The molecule has 0 radical (unpaired) electrons. The Bertz CT molecular complexity index is 559. The van der Waals surface area contributed by atoms with Crippen LogP contribution in [0.15, 0.2) is 12.1 Å². The van der Waals surface area contributed by atoms with Gasteiger partial charge in [0.1, 0.15) is 11.9 Å². The standard InChI is InChI=1S/C14H19N5O2/c1-11(2)10-17-5-7-18(8-6-17)14-4-3-13(19(20)21)12(9-15)16-14/h3-4,11H,5-8,10H2,1-2H3. The molecule has 1 aliphatic heterocycles. The molecule has 1 aromatic heterocycles. The maximum Gasteiger partial charge on any atom is 0.305 e. The van der Waals surface area contributed by atoms with Crippen molar-refractivity contribution in [1.82, 2.24) is 9.88 Å². The summed E-state index contributed by atoms with van der Waals surface area (Å²) in [7, 11) is 0. The van der Waals surface area contributed by atoms with Crippen LogP contribution in [0.3, 0.4) is 0 Å². The van der Waals surface area contributed by atoms with Crippen LogP contribution in [0.1, 0.15) is 19.5 Å². The molecule has 1 aromatic rings. The van der Waals surface area contributed by atoms with Crippen molar-refractivity contribution in [1.29, 1.82) is 5.26 Å². The lowest BCUT2D eigenvalue weighted by atomic mass is 10.2. The van der Waals surface area contributed by atoms with Gasteiger partial charge >= 0.3 is 5.69 Å². The van der Waals surface area contributed by atoms with Gasteiger partial charge in [0.05, 0.1) is 4.92 Å². The summed E-state index contributed by atoms with van der Waals surface area (Å²) < 4.78 is 0. The van der Waals surface area contributed by atoms with Crippen LogP contribution in [0.25, 0.3) is 0 Å². The van der Waals surface area contributed by atoms with E-state index in [0.29, 0.717) is 11.7 Å². The van der Waals surface area contributed by atoms with Crippen LogP contribution >= 0.6 is 0 Å². The fourth-order valence-corrected chi connectivity index (χ4v) is 2.52. The molecular weight excluding hydrogens is 270 g/mol. The zero-order valence-electron chi connectivity index (χ0n) is 12.3. The molecule has 1 aliphatic rings. The molecule has 0 bridgehead atoms. The second-order valence-electron chi connectivity index (χ2n) is 5.59. The Morgan fingerprint density at radius 1 is 1.38 bits per heavy atom. The van der Waals surface area contributed by atoms with E-state index in [1.807, 2.05) is 0 Å². The number of nitriles is 1. The van der Waals surface area contributed by atoms with Crippen molar-refractivity contribution in [3.63, 3.8) is 0 Å². The lowest BCUT2D eigenvalue weighted by molar-refractivity contribution is -0.385. The van der Waals surface area contributed by atoms with Gasteiger partial charge in [0.15, 0.2) is 0 Å². The van der Waals surface area contributed by atoms with Crippen LogP contribution in [-0.4, -0.2) is 47.5 Å². The third kappa shape index (κ3) is 3.67. The molecule has 7 nitrogen and oxygen atoms in total. The summed E-state index contributed by atoms with van der Waals surface area (Å²) in [5.41, 5.74) is -0.359. The summed E-state index contributed by atoms with van der Waals surface area (Å²) in [6, 6.07) is 4.79. The van der Waals surface area contributed by atoms with E-state index in [9.17, 15) is 10.1 Å². The number of rotatable bonds is 4. The van der Waals surface area contributed by atoms with E-state index >= 15 is 0 Å². The van der Waals surface area contributed by atoms with Gasteiger partial charge in [-0.15, -0.1) is 0 Å². The van der Waals surface area contributed by atoms with Crippen LogP contribution in [0.2, 0.25) is 0 Å². The highest BCUT2D eigenvalue weighted by molar-refractivity contribution is 5.51. The summed E-state index contributed by atoms with van der Waals surface area (Å²) in [5, 5.41) is 19.8. The molecule has 1 saturated heterocycles. The van der Waals surface area contributed by atoms with Crippen molar-refractivity contribution in [3.05, 3.63) is 27.9 Å². The Labute approximate surface area is 123 Å². The largest absolute Gasteiger partial charge is 0.354 e. The second-order valence-corrected chi connectivity index (χ2v) is 5.59. The van der Waals surface area contributed by atoms with E-state index in [1.165, 1.54) is 6.07 Å². The van der Waals surface area contributed by atoms with Gasteiger partial charge in [0.25, 0.3) is 0 Å². The molecule has 21 heavy (non-hydrogen) atoms. The first-order chi connectivity index (χ1) is 10.0. The average Bonchev–Trinajstić information content (AvgIpc) is 2.46. The van der Waals surface area contributed by atoms with E-state index in [-0.39, 0.29) is 11.4 Å². The first kappa shape index (κ1) is 15.2. The summed E-state index contributed by atoms with van der Waals surface area (Å²) in [4.78, 5) is 18.8. The summed E-state index contributed by atoms with van der Waals surface area (Å²) in [6.45, 7) is 9.00. The Kier molecular flexibility index (Phi) is 4.70. The Morgan fingerprint density at radius 2 is 2.05 bits per heavy atom. The highest BCUT2D eigenvalue weighted by Gasteiger charge is 2.21.